The van der Waals surface area contributed by atoms with E-state index in [9.17, 15) is 9.90 Å². The fraction of sp³-hybridized carbons (Fsp3) is 0.133. The van der Waals surface area contributed by atoms with E-state index in [-0.39, 0.29) is 5.91 Å². The second kappa shape index (κ2) is 5.47. The van der Waals surface area contributed by atoms with Gasteiger partial charge in [-0.2, -0.15) is 0 Å². The maximum Gasteiger partial charge on any atom is 0.253 e. The Balaban J connectivity index is 2.23. The van der Waals surface area contributed by atoms with Crippen LogP contribution in [0, 0.1) is 0 Å². The van der Waals surface area contributed by atoms with Crippen LogP contribution in [0.3, 0.4) is 0 Å². The predicted molar refractivity (Wildman–Crippen MR) is 77.2 cm³/mol. The van der Waals surface area contributed by atoms with Crippen molar-refractivity contribution >= 4 is 18.5 Å². The van der Waals surface area contributed by atoms with Crippen molar-refractivity contribution in [2.24, 2.45) is 0 Å². The lowest BCUT2D eigenvalue weighted by Crippen LogP contribution is -2.43. The topological polar surface area (TPSA) is 49.3 Å². The van der Waals surface area contributed by atoms with E-state index in [0.29, 0.717) is 16.0 Å². The Hall–Kier alpha value is -1.78. The number of carbonyl (C=O) groups excluding carboxylic acids is 1. The molecule has 0 radical (unpaired) electrons. The molecule has 0 saturated heterocycles. The Morgan fingerprint density at radius 2 is 1.68 bits per heavy atom. The van der Waals surface area contributed by atoms with E-state index in [2.05, 4.69) is 17.9 Å². The maximum atomic E-state index is 12.0. The van der Waals surface area contributed by atoms with Crippen LogP contribution in [0.15, 0.2) is 59.5 Å². The van der Waals surface area contributed by atoms with E-state index < -0.39 is 5.72 Å². The summed E-state index contributed by atoms with van der Waals surface area (Å²) in [5, 5.41) is 13.0. The van der Waals surface area contributed by atoms with Gasteiger partial charge in [-0.15, -0.1) is 12.6 Å². The number of hydrogen-bond donors (Lipinski definition) is 3. The molecule has 0 aliphatic carbocycles. The quantitative estimate of drug-likeness (QED) is 0.594. The molecule has 0 spiro atoms. The summed E-state index contributed by atoms with van der Waals surface area (Å²) in [6.45, 7) is 1.53. The van der Waals surface area contributed by atoms with Gasteiger partial charge in [-0.1, -0.05) is 36.4 Å². The minimum atomic E-state index is -1.47. The summed E-state index contributed by atoms with van der Waals surface area (Å²) in [5.74, 6) is -0.331. The maximum absolute atomic E-state index is 12.0. The summed E-state index contributed by atoms with van der Waals surface area (Å²) in [6, 6.07) is 15.9. The SMILES string of the molecule is CC(O)(NC(=O)c1ccccc1)c1ccccc1S. The largest absolute Gasteiger partial charge is 0.367 e. The van der Waals surface area contributed by atoms with Crippen molar-refractivity contribution in [2.45, 2.75) is 17.5 Å². The van der Waals surface area contributed by atoms with Crippen molar-refractivity contribution in [2.75, 3.05) is 0 Å². The highest BCUT2D eigenvalue weighted by atomic mass is 32.1. The monoisotopic (exact) mass is 273 g/mol. The van der Waals surface area contributed by atoms with E-state index >= 15 is 0 Å². The fourth-order valence-electron chi connectivity index (χ4n) is 1.84. The van der Waals surface area contributed by atoms with Crippen LogP contribution in [0.4, 0.5) is 0 Å². The van der Waals surface area contributed by atoms with Gasteiger partial charge in [0.15, 0.2) is 5.72 Å². The minimum Gasteiger partial charge on any atom is -0.367 e. The van der Waals surface area contributed by atoms with E-state index in [4.69, 9.17) is 0 Å². The first-order valence-electron chi connectivity index (χ1n) is 5.89. The van der Waals surface area contributed by atoms with Crippen LogP contribution in [0.5, 0.6) is 0 Å². The Kier molecular flexibility index (Phi) is 3.93. The molecular formula is C15H15NO2S. The average Bonchev–Trinajstić information content (AvgIpc) is 2.39. The van der Waals surface area contributed by atoms with Gasteiger partial charge in [-0.25, -0.2) is 0 Å². The zero-order chi connectivity index (χ0) is 13.9. The Morgan fingerprint density at radius 1 is 1.11 bits per heavy atom. The molecule has 4 heteroatoms. The Bertz CT molecular complexity index is 582. The highest BCUT2D eigenvalue weighted by Gasteiger charge is 2.27. The van der Waals surface area contributed by atoms with Crippen molar-refractivity contribution in [3.05, 3.63) is 65.7 Å². The first kappa shape index (κ1) is 13.6. The van der Waals surface area contributed by atoms with Crippen LogP contribution in [-0.4, -0.2) is 11.0 Å². The average molecular weight is 273 g/mol. The van der Waals surface area contributed by atoms with Crippen LogP contribution in [0.25, 0.3) is 0 Å². The highest BCUT2D eigenvalue weighted by molar-refractivity contribution is 7.80. The molecule has 98 valence electrons. The molecule has 1 unspecified atom stereocenters. The van der Waals surface area contributed by atoms with Crippen LogP contribution in [0.1, 0.15) is 22.8 Å². The van der Waals surface area contributed by atoms with Gasteiger partial charge >= 0.3 is 0 Å². The summed E-state index contributed by atoms with van der Waals surface area (Å²) in [6.07, 6.45) is 0. The molecule has 0 fully saturated rings. The Morgan fingerprint density at radius 3 is 2.32 bits per heavy atom. The third-order valence-corrected chi connectivity index (χ3v) is 3.21. The number of benzene rings is 2. The zero-order valence-electron chi connectivity index (χ0n) is 10.5. The van der Waals surface area contributed by atoms with Gasteiger partial charge in [0.05, 0.1) is 0 Å². The van der Waals surface area contributed by atoms with Gasteiger partial charge in [-0.3, -0.25) is 4.79 Å². The number of amides is 1. The summed E-state index contributed by atoms with van der Waals surface area (Å²) in [7, 11) is 0. The number of aliphatic hydroxyl groups is 1. The highest BCUT2D eigenvalue weighted by Crippen LogP contribution is 2.24. The molecule has 0 saturated carbocycles. The van der Waals surface area contributed by atoms with Crippen LogP contribution < -0.4 is 5.32 Å². The number of thiol groups is 1. The third kappa shape index (κ3) is 3.16. The molecule has 3 nitrogen and oxygen atoms in total. The molecule has 19 heavy (non-hydrogen) atoms. The van der Waals surface area contributed by atoms with Crippen molar-refractivity contribution in [1.82, 2.24) is 5.32 Å². The first-order valence-corrected chi connectivity index (χ1v) is 6.34. The molecule has 0 aliphatic heterocycles. The normalized spacial score (nSPS) is 13.6. The minimum absolute atomic E-state index is 0.331. The second-order valence-electron chi connectivity index (χ2n) is 4.41. The van der Waals surface area contributed by atoms with E-state index in [1.165, 1.54) is 6.92 Å². The summed E-state index contributed by atoms with van der Waals surface area (Å²) < 4.78 is 0. The van der Waals surface area contributed by atoms with Crippen LogP contribution in [-0.2, 0) is 5.72 Å². The number of rotatable bonds is 3. The second-order valence-corrected chi connectivity index (χ2v) is 4.89. The van der Waals surface area contributed by atoms with E-state index in [0.717, 1.165) is 0 Å². The molecule has 1 atom stereocenters. The van der Waals surface area contributed by atoms with Crippen molar-refractivity contribution < 1.29 is 9.90 Å². The fourth-order valence-corrected chi connectivity index (χ4v) is 2.21. The third-order valence-electron chi connectivity index (χ3n) is 2.82. The molecule has 1 amide bonds. The van der Waals surface area contributed by atoms with Crippen molar-refractivity contribution in [3.63, 3.8) is 0 Å². The summed E-state index contributed by atoms with van der Waals surface area (Å²) >= 11 is 4.29. The van der Waals surface area contributed by atoms with Crippen molar-refractivity contribution in [3.8, 4) is 0 Å². The van der Waals surface area contributed by atoms with Crippen LogP contribution in [0.2, 0.25) is 0 Å². The lowest BCUT2D eigenvalue weighted by atomic mass is 10.0. The lowest BCUT2D eigenvalue weighted by molar-refractivity contribution is 0.0176. The van der Waals surface area contributed by atoms with Gasteiger partial charge in [0.25, 0.3) is 5.91 Å². The molecule has 0 bridgehead atoms. The van der Waals surface area contributed by atoms with Crippen molar-refractivity contribution in [1.29, 1.82) is 0 Å². The Labute approximate surface area is 117 Å². The summed E-state index contributed by atoms with van der Waals surface area (Å²) in [4.78, 5) is 12.7. The molecule has 2 aromatic rings. The molecule has 2 rings (SSSR count). The van der Waals surface area contributed by atoms with Gasteiger partial charge in [0.2, 0.25) is 0 Å². The number of hydrogen-bond acceptors (Lipinski definition) is 3. The number of carbonyl (C=O) groups is 1. The van der Waals surface area contributed by atoms with Crippen LogP contribution >= 0.6 is 12.6 Å². The number of nitrogens with one attached hydrogen (secondary N) is 1. The predicted octanol–water partition coefficient (Wildman–Crippen LogP) is 2.57. The van der Waals surface area contributed by atoms with Gasteiger partial charge < -0.3 is 10.4 Å². The molecule has 0 aromatic heterocycles. The molecule has 0 aliphatic rings. The van der Waals surface area contributed by atoms with Gasteiger partial charge in [0.1, 0.15) is 0 Å². The van der Waals surface area contributed by atoms with Gasteiger partial charge in [0, 0.05) is 16.0 Å². The smallest absolute Gasteiger partial charge is 0.253 e. The van der Waals surface area contributed by atoms with E-state index in [1.807, 2.05) is 12.1 Å². The summed E-state index contributed by atoms with van der Waals surface area (Å²) in [5.41, 5.74) is -0.410. The molecule has 2 aromatic carbocycles. The van der Waals surface area contributed by atoms with E-state index in [1.54, 1.807) is 42.5 Å². The molecular weight excluding hydrogens is 258 g/mol. The molecule has 0 heterocycles. The molecule has 2 N–H and O–H groups in total. The standard InChI is InChI=1S/C15H15NO2S/c1-15(18,12-9-5-6-10-13(12)19)16-14(17)11-7-3-2-4-8-11/h2-10,18-19H,1H3,(H,16,17). The zero-order valence-corrected chi connectivity index (χ0v) is 11.4. The lowest BCUT2D eigenvalue weighted by Gasteiger charge is -2.26. The van der Waals surface area contributed by atoms with Gasteiger partial charge in [-0.05, 0) is 25.1 Å². The first-order chi connectivity index (χ1) is 9.00.